The molecule has 0 fully saturated rings. The van der Waals surface area contributed by atoms with Crippen LogP contribution in [0.4, 0.5) is 27.6 Å². The lowest BCUT2D eigenvalue weighted by molar-refractivity contribution is -0.137. The molecule has 2 aromatic rings. The summed E-state index contributed by atoms with van der Waals surface area (Å²) in [4.78, 5) is 3.74. The maximum Gasteiger partial charge on any atom is 0.416 e. The first-order valence-electron chi connectivity index (χ1n) is 5.69. The predicted molar refractivity (Wildman–Crippen MR) is 67.3 cm³/mol. The minimum atomic E-state index is -4.49. The highest BCUT2D eigenvalue weighted by molar-refractivity contribution is 6.33. The second kappa shape index (κ2) is 5.88. The number of halogens is 6. The van der Waals surface area contributed by atoms with E-state index in [1.165, 1.54) is 6.20 Å². The zero-order chi connectivity index (χ0) is 15.6. The van der Waals surface area contributed by atoms with Gasteiger partial charge in [0.2, 0.25) is 0 Å². The highest BCUT2D eigenvalue weighted by atomic mass is 35.5. The van der Waals surface area contributed by atoms with E-state index in [0.717, 1.165) is 24.4 Å². The van der Waals surface area contributed by atoms with Gasteiger partial charge in [-0.15, -0.1) is 0 Å². The smallest absolute Gasteiger partial charge is 0.377 e. The van der Waals surface area contributed by atoms with Crippen molar-refractivity contribution in [2.75, 3.05) is 5.32 Å². The number of aromatic nitrogens is 2. The van der Waals surface area contributed by atoms with E-state index in [0.29, 0.717) is 4.57 Å². The molecule has 0 unspecified atom stereocenters. The van der Waals surface area contributed by atoms with Crippen molar-refractivity contribution >= 4 is 17.3 Å². The summed E-state index contributed by atoms with van der Waals surface area (Å²) >= 11 is 5.74. The van der Waals surface area contributed by atoms with Crippen molar-refractivity contribution in [3.05, 3.63) is 47.0 Å². The Bertz CT molecular complexity index is 624. The van der Waals surface area contributed by atoms with Crippen LogP contribution in [0.2, 0.25) is 5.02 Å². The normalized spacial score (nSPS) is 12.0. The summed E-state index contributed by atoms with van der Waals surface area (Å²) < 4.78 is 63.3. The average Bonchev–Trinajstić information content (AvgIpc) is 2.84. The molecule has 0 amide bonds. The number of imidazole rings is 1. The van der Waals surface area contributed by atoms with Crippen molar-refractivity contribution < 1.29 is 22.0 Å². The van der Waals surface area contributed by atoms with Crippen molar-refractivity contribution in [1.82, 2.24) is 9.55 Å². The molecule has 9 heteroatoms. The molecule has 0 radical (unpaired) electrons. The zero-order valence-electron chi connectivity index (χ0n) is 10.3. The Kier molecular flexibility index (Phi) is 4.36. The van der Waals surface area contributed by atoms with Crippen molar-refractivity contribution in [3.63, 3.8) is 0 Å². The third kappa shape index (κ3) is 3.63. The van der Waals surface area contributed by atoms with Gasteiger partial charge in [0, 0.05) is 12.4 Å². The number of rotatable bonds is 4. The summed E-state index contributed by atoms with van der Waals surface area (Å²) in [5.74, 6) is 0.0426. The molecule has 2 rings (SSSR count). The summed E-state index contributed by atoms with van der Waals surface area (Å²) in [6, 6.07) is 2.76. The third-order valence-electron chi connectivity index (χ3n) is 2.69. The van der Waals surface area contributed by atoms with E-state index in [-0.39, 0.29) is 23.1 Å². The van der Waals surface area contributed by atoms with Crippen LogP contribution in [0.3, 0.4) is 0 Å². The molecule has 1 aromatic heterocycles. The van der Waals surface area contributed by atoms with E-state index in [4.69, 9.17) is 11.6 Å². The Hall–Kier alpha value is -1.83. The van der Waals surface area contributed by atoms with Crippen LogP contribution in [0.15, 0.2) is 30.6 Å². The fourth-order valence-electron chi connectivity index (χ4n) is 1.67. The van der Waals surface area contributed by atoms with Crippen LogP contribution < -0.4 is 5.32 Å². The van der Waals surface area contributed by atoms with E-state index in [1.807, 2.05) is 0 Å². The monoisotopic (exact) mass is 325 g/mol. The highest BCUT2D eigenvalue weighted by Crippen LogP contribution is 2.33. The topological polar surface area (TPSA) is 29.9 Å². The lowest BCUT2D eigenvalue weighted by atomic mass is 10.2. The predicted octanol–water partition coefficient (Wildman–Crippen LogP) is 4.56. The molecule has 1 N–H and O–H groups in total. The Labute approximate surface area is 121 Å². The molecule has 0 bridgehead atoms. The number of alkyl halides is 5. The molecule has 21 heavy (non-hydrogen) atoms. The number of hydrogen-bond acceptors (Lipinski definition) is 2. The molecule has 0 aliphatic carbocycles. The summed E-state index contributed by atoms with van der Waals surface area (Å²) in [7, 11) is 0. The van der Waals surface area contributed by atoms with Gasteiger partial charge in [0.1, 0.15) is 5.82 Å². The summed E-state index contributed by atoms with van der Waals surface area (Å²) in [6.45, 7) is -2.84. The van der Waals surface area contributed by atoms with Gasteiger partial charge in [0.25, 0.3) is 0 Å². The molecule has 114 valence electrons. The maximum atomic E-state index is 12.6. The number of nitrogens with one attached hydrogen (secondary N) is 1. The SMILES string of the molecule is FC(F)n1ccnc1CNc1ccc(C(F)(F)F)cc1Cl. The van der Waals surface area contributed by atoms with Crippen molar-refractivity contribution in [2.45, 2.75) is 19.3 Å². The molecular formula is C12H9ClF5N3. The van der Waals surface area contributed by atoms with E-state index in [9.17, 15) is 22.0 Å². The lowest BCUT2D eigenvalue weighted by Gasteiger charge is -2.12. The summed E-state index contributed by atoms with van der Waals surface area (Å²) in [5.41, 5.74) is -0.680. The van der Waals surface area contributed by atoms with E-state index < -0.39 is 18.3 Å². The molecule has 0 aliphatic heterocycles. The third-order valence-corrected chi connectivity index (χ3v) is 3.01. The van der Waals surface area contributed by atoms with Gasteiger partial charge in [0.15, 0.2) is 0 Å². The second-order valence-corrected chi connectivity index (χ2v) is 4.48. The van der Waals surface area contributed by atoms with Crippen LogP contribution in [-0.2, 0) is 12.7 Å². The number of benzene rings is 1. The molecular weight excluding hydrogens is 317 g/mol. The first-order valence-corrected chi connectivity index (χ1v) is 6.07. The number of anilines is 1. The van der Waals surface area contributed by atoms with Gasteiger partial charge in [-0.05, 0) is 18.2 Å². The van der Waals surface area contributed by atoms with Gasteiger partial charge in [-0.3, -0.25) is 4.57 Å². The van der Waals surface area contributed by atoms with Crippen LogP contribution in [0.1, 0.15) is 17.9 Å². The van der Waals surface area contributed by atoms with Gasteiger partial charge in [-0.1, -0.05) is 11.6 Å². The van der Waals surface area contributed by atoms with Crippen molar-refractivity contribution in [1.29, 1.82) is 0 Å². The van der Waals surface area contributed by atoms with Gasteiger partial charge in [0.05, 0.1) is 22.8 Å². The molecule has 1 heterocycles. The molecule has 0 atom stereocenters. The van der Waals surface area contributed by atoms with Crippen molar-refractivity contribution in [2.24, 2.45) is 0 Å². The molecule has 3 nitrogen and oxygen atoms in total. The van der Waals surface area contributed by atoms with Gasteiger partial charge >= 0.3 is 12.7 Å². The van der Waals surface area contributed by atoms with E-state index >= 15 is 0 Å². The van der Waals surface area contributed by atoms with Crippen molar-refractivity contribution in [3.8, 4) is 0 Å². The Morgan fingerprint density at radius 2 is 2.00 bits per heavy atom. The van der Waals surface area contributed by atoms with Crippen LogP contribution in [-0.4, -0.2) is 9.55 Å². The lowest BCUT2D eigenvalue weighted by Crippen LogP contribution is -2.10. The Balaban J connectivity index is 2.12. The summed E-state index contributed by atoms with van der Waals surface area (Å²) in [6.07, 6.45) is -2.18. The molecule has 0 spiro atoms. The second-order valence-electron chi connectivity index (χ2n) is 4.07. The standard InChI is InChI=1S/C12H9ClF5N3/c13-8-5-7(12(16,17)18)1-2-9(8)20-6-10-19-3-4-21(10)11(14)15/h1-5,11,20H,6H2. The van der Waals surface area contributed by atoms with Crippen LogP contribution in [0.25, 0.3) is 0 Å². The van der Waals surface area contributed by atoms with Gasteiger partial charge < -0.3 is 5.32 Å². The number of nitrogens with zero attached hydrogens (tertiary/aromatic N) is 2. The van der Waals surface area contributed by atoms with Crippen LogP contribution in [0.5, 0.6) is 0 Å². The zero-order valence-corrected chi connectivity index (χ0v) is 11.1. The maximum absolute atomic E-state index is 12.6. The fraction of sp³-hybridized carbons (Fsp3) is 0.250. The van der Waals surface area contributed by atoms with Crippen LogP contribution >= 0.6 is 11.6 Å². The Morgan fingerprint density at radius 3 is 2.57 bits per heavy atom. The van der Waals surface area contributed by atoms with Gasteiger partial charge in [-0.2, -0.15) is 22.0 Å². The number of hydrogen-bond donors (Lipinski definition) is 1. The largest absolute Gasteiger partial charge is 0.416 e. The fourth-order valence-corrected chi connectivity index (χ4v) is 1.91. The van der Waals surface area contributed by atoms with Crippen LogP contribution in [0, 0.1) is 0 Å². The van der Waals surface area contributed by atoms with E-state index in [1.54, 1.807) is 0 Å². The average molecular weight is 326 g/mol. The first kappa shape index (κ1) is 15.6. The van der Waals surface area contributed by atoms with E-state index in [2.05, 4.69) is 10.3 Å². The molecule has 0 saturated heterocycles. The highest BCUT2D eigenvalue weighted by Gasteiger charge is 2.30. The molecule has 1 aromatic carbocycles. The molecule has 0 aliphatic rings. The quantitative estimate of drug-likeness (QED) is 0.835. The summed E-state index contributed by atoms with van der Waals surface area (Å²) in [5, 5.41) is 2.52. The molecule has 0 saturated carbocycles. The van der Waals surface area contributed by atoms with Gasteiger partial charge in [-0.25, -0.2) is 4.98 Å². The first-order chi connectivity index (χ1) is 9.79. The minimum Gasteiger partial charge on any atom is -0.377 e. The minimum absolute atomic E-state index is 0.0426. The Morgan fingerprint density at radius 1 is 1.29 bits per heavy atom.